The average molecular weight is 351 g/mol. The van der Waals surface area contributed by atoms with Crippen LogP contribution in [0, 0.1) is 0 Å². The summed E-state index contributed by atoms with van der Waals surface area (Å²) in [6, 6.07) is 26.3. The minimum atomic E-state index is 0.830. The largest absolute Gasteiger partial charge is 0.497 e. The standard InChI is InChI=1S/C23H17N3O/c1-27-18-13-11-16(12-14-18)20-15-26-21-10-6-5-9-19(21)25-23(26)22(24-20)17-7-3-2-4-8-17/h2-15H,1H3. The summed E-state index contributed by atoms with van der Waals surface area (Å²) < 4.78 is 7.41. The summed E-state index contributed by atoms with van der Waals surface area (Å²) in [4.78, 5) is 9.80. The van der Waals surface area contributed by atoms with Gasteiger partial charge in [0.2, 0.25) is 0 Å². The van der Waals surface area contributed by atoms with E-state index in [0.29, 0.717) is 0 Å². The van der Waals surface area contributed by atoms with Crippen LogP contribution in [0.4, 0.5) is 0 Å². The second-order valence-corrected chi connectivity index (χ2v) is 6.36. The van der Waals surface area contributed by atoms with Crippen molar-refractivity contribution in [2.24, 2.45) is 0 Å². The maximum Gasteiger partial charge on any atom is 0.164 e. The maximum absolute atomic E-state index is 5.28. The van der Waals surface area contributed by atoms with E-state index in [1.165, 1.54) is 0 Å². The molecule has 0 saturated carbocycles. The van der Waals surface area contributed by atoms with Crippen molar-refractivity contribution in [2.45, 2.75) is 0 Å². The summed E-state index contributed by atoms with van der Waals surface area (Å²) in [6.45, 7) is 0. The van der Waals surface area contributed by atoms with Gasteiger partial charge in [0.25, 0.3) is 0 Å². The topological polar surface area (TPSA) is 39.4 Å². The zero-order chi connectivity index (χ0) is 18.2. The van der Waals surface area contributed by atoms with Crippen molar-refractivity contribution in [1.82, 2.24) is 14.4 Å². The van der Waals surface area contributed by atoms with Crippen molar-refractivity contribution in [3.05, 3.63) is 85.1 Å². The fourth-order valence-corrected chi connectivity index (χ4v) is 3.35. The van der Waals surface area contributed by atoms with Crippen LogP contribution in [0.1, 0.15) is 0 Å². The van der Waals surface area contributed by atoms with Crippen LogP contribution in [-0.2, 0) is 0 Å². The van der Waals surface area contributed by atoms with Gasteiger partial charge in [-0.15, -0.1) is 0 Å². The molecule has 0 bridgehead atoms. The molecule has 0 fully saturated rings. The van der Waals surface area contributed by atoms with E-state index in [0.717, 1.165) is 44.9 Å². The maximum atomic E-state index is 5.28. The van der Waals surface area contributed by atoms with Crippen LogP contribution in [0.25, 0.3) is 39.2 Å². The smallest absolute Gasteiger partial charge is 0.164 e. The monoisotopic (exact) mass is 351 g/mol. The molecular weight excluding hydrogens is 334 g/mol. The minimum Gasteiger partial charge on any atom is -0.497 e. The first-order valence-corrected chi connectivity index (χ1v) is 8.81. The van der Waals surface area contributed by atoms with Gasteiger partial charge in [-0.05, 0) is 36.4 Å². The number of hydrogen-bond acceptors (Lipinski definition) is 3. The van der Waals surface area contributed by atoms with Crippen LogP contribution >= 0.6 is 0 Å². The van der Waals surface area contributed by atoms with E-state index < -0.39 is 0 Å². The first-order chi connectivity index (χ1) is 13.3. The number of methoxy groups -OCH3 is 1. The van der Waals surface area contributed by atoms with Gasteiger partial charge in [0.15, 0.2) is 5.65 Å². The number of benzene rings is 3. The van der Waals surface area contributed by atoms with Crippen molar-refractivity contribution in [2.75, 3.05) is 7.11 Å². The Morgan fingerprint density at radius 2 is 1.48 bits per heavy atom. The summed E-state index contributed by atoms with van der Waals surface area (Å²) in [5.41, 5.74) is 6.75. The van der Waals surface area contributed by atoms with Gasteiger partial charge >= 0.3 is 0 Å². The second-order valence-electron chi connectivity index (χ2n) is 6.36. The number of para-hydroxylation sites is 2. The molecule has 0 aliphatic rings. The van der Waals surface area contributed by atoms with Gasteiger partial charge in [-0.3, -0.25) is 4.40 Å². The molecule has 0 saturated heterocycles. The van der Waals surface area contributed by atoms with E-state index in [1.54, 1.807) is 7.11 Å². The van der Waals surface area contributed by atoms with E-state index in [1.807, 2.05) is 60.7 Å². The molecule has 0 aliphatic heterocycles. The van der Waals surface area contributed by atoms with Crippen LogP contribution in [0.5, 0.6) is 5.75 Å². The molecule has 3 aromatic carbocycles. The first kappa shape index (κ1) is 15.6. The molecule has 2 aromatic heterocycles. The quantitative estimate of drug-likeness (QED) is 0.447. The van der Waals surface area contributed by atoms with Gasteiger partial charge in [0.1, 0.15) is 11.4 Å². The molecule has 0 unspecified atom stereocenters. The fraction of sp³-hybridized carbons (Fsp3) is 0.0435. The highest BCUT2D eigenvalue weighted by atomic mass is 16.5. The number of aromatic nitrogens is 3. The number of nitrogens with zero attached hydrogens (tertiary/aromatic N) is 3. The molecule has 0 N–H and O–H groups in total. The van der Waals surface area contributed by atoms with E-state index in [-0.39, 0.29) is 0 Å². The Labute approximate surface area is 156 Å². The summed E-state index contributed by atoms with van der Waals surface area (Å²) in [5, 5.41) is 0. The Kier molecular flexibility index (Phi) is 3.61. The third kappa shape index (κ3) is 2.62. The molecule has 130 valence electrons. The highest BCUT2D eigenvalue weighted by Crippen LogP contribution is 2.30. The molecule has 0 radical (unpaired) electrons. The van der Waals surface area contributed by atoms with E-state index in [4.69, 9.17) is 14.7 Å². The molecule has 2 heterocycles. The highest BCUT2D eigenvalue weighted by Gasteiger charge is 2.14. The van der Waals surface area contributed by atoms with Gasteiger partial charge < -0.3 is 4.74 Å². The van der Waals surface area contributed by atoms with Gasteiger partial charge in [0, 0.05) is 17.3 Å². The predicted molar refractivity (Wildman–Crippen MR) is 108 cm³/mol. The molecule has 0 amide bonds. The van der Waals surface area contributed by atoms with Crippen molar-refractivity contribution in [1.29, 1.82) is 0 Å². The van der Waals surface area contributed by atoms with Crippen molar-refractivity contribution >= 4 is 16.7 Å². The zero-order valence-corrected chi connectivity index (χ0v) is 14.8. The molecule has 27 heavy (non-hydrogen) atoms. The Balaban J connectivity index is 1.82. The van der Waals surface area contributed by atoms with Crippen LogP contribution in [0.3, 0.4) is 0 Å². The van der Waals surface area contributed by atoms with E-state index in [2.05, 4.69) is 28.8 Å². The number of hydrogen-bond donors (Lipinski definition) is 0. The lowest BCUT2D eigenvalue weighted by atomic mass is 10.1. The third-order valence-corrected chi connectivity index (χ3v) is 4.72. The fourth-order valence-electron chi connectivity index (χ4n) is 3.35. The molecule has 4 nitrogen and oxygen atoms in total. The predicted octanol–water partition coefficient (Wildman–Crippen LogP) is 5.23. The van der Waals surface area contributed by atoms with Gasteiger partial charge in [-0.1, -0.05) is 42.5 Å². The average Bonchev–Trinajstić information content (AvgIpc) is 3.12. The lowest BCUT2D eigenvalue weighted by Crippen LogP contribution is -1.96. The third-order valence-electron chi connectivity index (χ3n) is 4.72. The molecular formula is C23H17N3O. The van der Waals surface area contributed by atoms with Crippen LogP contribution in [-0.4, -0.2) is 21.5 Å². The zero-order valence-electron chi connectivity index (χ0n) is 14.8. The summed E-state index contributed by atoms with van der Waals surface area (Å²) in [7, 11) is 1.67. The molecule has 0 spiro atoms. The lowest BCUT2D eigenvalue weighted by molar-refractivity contribution is 0.415. The number of ether oxygens (including phenoxy) is 1. The second kappa shape index (κ2) is 6.25. The SMILES string of the molecule is COc1ccc(-c2cn3c(nc4ccccc43)c(-c3ccccc3)n2)cc1. The highest BCUT2D eigenvalue weighted by molar-refractivity contribution is 5.87. The van der Waals surface area contributed by atoms with Crippen LogP contribution in [0.2, 0.25) is 0 Å². The Morgan fingerprint density at radius 3 is 2.26 bits per heavy atom. The summed E-state index contributed by atoms with van der Waals surface area (Å²) in [5.74, 6) is 0.830. The number of imidazole rings is 1. The molecule has 5 aromatic rings. The van der Waals surface area contributed by atoms with E-state index >= 15 is 0 Å². The van der Waals surface area contributed by atoms with E-state index in [9.17, 15) is 0 Å². The Hall–Kier alpha value is -3.66. The van der Waals surface area contributed by atoms with Crippen molar-refractivity contribution in [3.63, 3.8) is 0 Å². The Bertz CT molecular complexity index is 1240. The van der Waals surface area contributed by atoms with Crippen molar-refractivity contribution < 1.29 is 4.74 Å². The molecule has 5 rings (SSSR count). The Morgan fingerprint density at radius 1 is 0.741 bits per heavy atom. The van der Waals surface area contributed by atoms with Crippen molar-refractivity contribution in [3.8, 4) is 28.3 Å². The van der Waals surface area contributed by atoms with Crippen LogP contribution < -0.4 is 4.74 Å². The summed E-state index contributed by atoms with van der Waals surface area (Å²) >= 11 is 0. The lowest BCUT2D eigenvalue weighted by Gasteiger charge is -2.09. The van der Waals surface area contributed by atoms with Gasteiger partial charge in [-0.2, -0.15) is 0 Å². The van der Waals surface area contributed by atoms with Gasteiger partial charge in [-0.25, -0.2) is 9.97 Å². The number of rotatable bonds is 3. The summed E-state index contributed by atoms with van der Waals surface area (Å²) in [6.07, 6.45) is 2.05. The normalized spacial score (nSPS) is 11.1. The van der Waals surface area contributed by atoms with Gasteiger partial charge in [0.05, 0.1) is 23.8 Å². The molecule has 4 heteroatoms. The first-order valence-electron chi connectivity index (χ1n) is 8.81. The molecule has 0 atom stereocenters. The van der Waals surface area contributed by atoms with Crippen LogP contribution in [0.15, 0.2) is 85.1 Å². The minimum absolute atomic E-state index is 0.830. The molecule has 0 aliphatic carbocycles. The number of fused-ring (bicyclic) bond motifs is 3.